The number of nitrogens with zero attached hydrogens (tertiary/aromatic N) is 1. The van der Waals surface area contributed by atoms with Crippen molar-refractivity contribution < 1.29 is 22.4 Å². The van der Waals surface area contributed by atoms with Crippen LogP contribution in [0.5, 0.6) is 11.5 Å². The van der Waals surface area contributed by atoms with Crippen LogP contribution in [-0.2, 0) is 16.4 Å². The molecule has 8 heteroatoms. The molecule has 7 nitrogen and oxygen atoms in total. The fourth-order valence-corrected chi connectivity index (χ4v) is 3.53. The fourth-order valence-electron chi connectivity index (χ4n) is 2.49. The Hall–Kier alpha value is -2.84. The van der Waals surface area contributed by atoms with Gasteiger partial charge in [-0.3, -0.25) is 0 Å². The zero-order valence-corrected chi connectivity index (χ0v) is 15.8. The Morgan fingerprint density at radius 2 is 1.74 bits per heavy atom. The first-order valence-corrected chi connectivity index (χ1v) is 9.74. The molecular weight excluding hydrogens is 368 g/mol. The number of rotatable bonds is 8. The van der Waals surface area contributed by atoms with Crippen molar-refractivity contribution in [3.63, 3.8) is 0 Å². The quantitative estimate of drug-likeness (QED) is 0.638. The van der Waals surface area contributed by atoms with Crippen molar-refractivity contribution in [1.29, 1.82) is 0 Å². The summed E-state index contributed by atoms with van der Waals surface area (Å²) in [5.74, 6) is 1.92. The number of hydrogen-bond acceptors (Lipinski definition) is 6. The van der Waals surface area contributed by atoms with Gasteiger partial charge in [0.25, 0.3) is 0 Å². The van der Waals surface area contributed by atoms with Crippen LogP contribution in [0.3, 0.4) is 0 Å². The monoisotopic (exact) mass is 388 g/mol. The lowest BCUT2D eigenvalue weighted by Gasteiger charge is -2.06. The molecule has 0 saturated heterocycles. The van der Waals surface area contributed by atoms with E-state index < -0.39 is 10.0 Å². The molecule has 0 aliphatic carbocycles. The Morgan fingerprint density at radius 3 is 2.44 bits per heavy atom. The number of methoxy groups -OCH3 is 2. The summed E-state index contributed by atoms with van der Waals surface area (Å²) >= 11 is 0. The molecule has 1 aromatic heterocycles. The Bertz CT molecular complexity index is 997. The molecule has 142 valence electrons. The number of hydrogen-bond donors (Lipinski definition) is 1. The van der Waals surface area contributed by atoms with Crippen LogP contribution in [-0.4, -0.2) is 34.3 Å². The predicted molar refractivity (Wildman–Crippen MR) is 100 cm³/mol. The highest BCUT2D eigenvalue weighted by Crippen LogP contribution is 2.24. The standard InChI is InChI=1S/C19H20N2O5S/c1-24-16-6-8-18(9-7-16)27(22,23)20-11-10-15-13-19(26-21-15)14-4-3-5-17(12-14)25-2/h3-9,12-13,20H,10-11H2,1-2H3. The fraction of sp³-hybridized carbons (Fsp3) is 0.211. The SMILES string of the molecule is COc1ccc(S(=O)(=O)NCCc2cc(-c3cccc(OC)c3)on2)cc1. The molecule has 0 radical (unpaired) electrons. The highest BCUT2D eigenvalue weighted by atomic mass is 32.2. The maximum atomic E-state index is 12.3. The Balaban J connectivity index is 1.61. The van der Waals surface area contributed by atoms with Crippen LogP contribution in [0.4, 0.5) is 0 Å². The minimum Gasteiger partial charge on any atom is -0.497 e. The van der Waals surface area contributed by atoms with Gasteiger partial charge in [0.15, 0.2) is 5.76 Å². The Kier molecular flexibility index (Phi) is 5.78. The van der Waals surface area contributed by atoms with Crippen molar-refractivity contribution in [1.82, 2.24) is 9.88 Å². The van der Waals surface area contributed by atoms with Gasteiger partial charge < -0.3 is 14.0 Å². The molecule has 1 N–H and O–H groups in total. The molecule has 2 aromatic carbocycles. The molecule has 0 unspecified atom stereocenters. The van der Waals surface area contributed by atoms with Crippen molar-refractivity contribution in [3.8, 4) is 22.8 Å². The summed E-state index contributed by atoms with van der Waals surface area (Å²) in [6.45, 7) is 0.207. The van der Waals surface area contributed by atoms with E-state index in [-0.39, 0.29) is 11.4 Å². The summed E-state index contributed by atoms with van der Waals surface area (Å²) in [6.07, 6.45) is 0.406. The molecule has 3 rings (SSSR count). The van der Waals surface area contributed by atoms with Crippen LogP contribution in [0, 0.1) is 0 Å². The normalized spacial score (nSPS) is 11.3. The van der Waals surface area contributed by atoms with Gasteiger partial charge in [-0.2, -0.15) is 0 Å². The molecule has 3 aromatic rings. The maximum absolute atomic E-state index is 12.3. The zero-order valence-electron chi connectivity index (χ0n) is 15.0. The van der Waals surface area contributed by atoms with Gasteiger partial charge in [0, 0.05) is 24.6 Å². The Morgan fingerprint density at radius 1 is 1.00 bits per heavy atom. The summed E-state index contributed by atoms with van der Waals surface area (Å²) in [6, 6.07) is 15.4. The number of sulfonamides is 1. The molecule has 0 amide bonds. The van der Waals surface area contributed by atoms with Gasteiger partial charge in [-0.25, -0.2) is 13.1 Å². The minimum atomic E-state index is -3.59. The molecule has 0 fully saturated rings. The van der Waals surface area contributed by atoms with E-state index in [1.54, 1.807) is 25.3 Å². The molecule has 0 aliphatic heterocycles. The number of aromatic nitrogens is 1. The van der Waals surface area contributed by atoms with Crippen molar-refractivity contribution in [2.45, 2.75) is 11.3 Å². The zero-order chi connectivity index (χ0) is 19.3. The summed E-state index contributed by atoms with van der Waals surface area (Å²) in [7, 11) is -0.466. The second-order valence-electron chi connectivity index (χ2n) is 5.74. The van der Waals surface area contributed by atoms with Crippen LogP contribution in [0.25, 0.3) is 11.3 Å². The highest BCUT2D eigenvalue weighted by Gasteiger charge is 2.14. The average molecular weight is 388 g/mol. The Labute approximate surface area is 158 Å². The van der Waals surface area contributed by atoms with Crippen LogP contribution in [0.1, 0.15) is 5.69 Å². The van der Waals surface area contributed by atoms with E-state index in [0.29, 0.717) is 23.6 Å². The van der Waals surface area contributed by atoms with Crippen LogP contribution < -0.4 is 14.2 Å². The third-order valence-corrected chi connectivity index (χ3v) is 5.43. The average Bonchev–Trinajstić information content (AvgIpc) is 3.17. The van der Waals surface area contributed by atoms with Gasteiger partial charge in [-0.15, -0.1) is 0 Å². The molecule has 0 atom stereocenters. The van der Waals surface area contributed by atoms with Crippen molar-refractivity contribution in [2.24, 2.45) is 0 Å². The van der Waals surface area contributed by atoms with E-state index in [0.717, 1.165) is 11.3 Å². The topological polar surface area (TPSA) is 90.7 Å². The van der Waals surface area contributed by atoms with E-state index >= 15 is 0 Å². The second kappa shape index (κ2) is 8.24. The molecular formula is C19H20N2O5S. The summed E-state index contributed by atoms with van der Waals surface area (Å²) in [4.78, 5) is 0.181. The first kappa shape index (κ1) is 18.9. The van der Waals surface area contributed by atoms with Crippen LogP contribution in [0.15, 0.2) is 64.0 Å². The third-order valence-electron chi connectivity index (χ3n) is 3.96. The van der Waals surface area contributed by atoms with E-state index in [9.17, 15) is 8.42 Å². The summed E-state index contributed by atoms with van der Waals surface area (Å²) in [5.41, 5.74) is 1.50. The number of ether oxygens (including phenoxy) is 2. The van der Waals surface area contributed by atoms with E-state index in [4.69, 9.17) is 14.0 Å². The van der Waals surface area contributed by atoms with Crippen LogP contribution in [0.2, 0.25) is 0 Å². The molecule has 27 heavy (non-hydrogen) atoms. The minimum absolute atomic E-state index is 0.181. The predicted octanol–water partition coefficient (Wildman–Crippen LogP) is 2.88. The van der Waals surface area contributed by atoms with E-state index in [1.807, 2.05) is 24.3 Å². The lowest BCUT2D eigenvalue weighted by molar-refractivity contribution is 0.412. The lowest BCUT2D eigenvalue weighted by atomic mass is 10.1. The third kappa shape index (κ3) is 4.66. The number of nitrogens with one attached hydrogen (secondary N) is 1. The van der Waals surface area contributed by atoms with E-state index in [2.05, 4.69) is 9.88 Å². The van der Waals surface area contributed by atoms with Gasteiger partial charge in [0.1, 0.15) is 11.5 Å². The molecule has 0 aliphatic rings. The largest absolute Gasteiger partial charge is 0.497 e. The van der Waals surface area contributed by atoms with Gasteiger partial charge in [-0.1, -0.05) is 17.3 Å². The van der Waals surface area contributed by atoms with E-state index in [1.165, 1.54) is 19.2 Å². The van der Waals surface area contributed by atoms with Gasteiger partial charge in [0.05, 0.1) is 24.8 Å². The summed E-state index contributed by atoms with van der Waals surface area (Å²) in [5, 5.41) is 4.00. The van der Waals surface area contributed by atoms with Gasteiger partial charge in [0.2, 0.25) is 10.0 Å². The first-order chi connectivity index (χ1) is 13.0. The molecule has 0 saturated carbocycles. The summed E-state index contributed by atoms with van der Waals surface area (Å²) < 4.78 is 42.8. The second-order valence-corrected chi connectivity index (χ2v) is 7.50. The number of benzene rings is 2. The molecule has 0 spiro atoms. The molecule has 1 heterocycles. The lowest BCUT2D eigenvalue weighted by Crippen LogP contribution is -2.26. The highest BCUT2D eigenvalue weighted by molar-refractivity contribution is 7.89. The van der Waals surface area contributed by atoms with Gasteiger partial charge >= 0.3 is 0 Å². The molecule has 0 bridgehead atoms. The van der Waals surface area contributed by atoms with Crippen LogP contribution >= 0.6 is 0 Å². The van der Waals surface area contributed by atoms with Crippen molar-refractivity contribution in [3.05, 3.63) is 60.3 Å². The first-order valence-electron chi connectivity index (χ1n) is 8.25. The van der Waals surface area contributed by atoms with Crippen molar-refractivity contribution >= 4 is 10.0 Å². The maximum Gasteiger partial charge on any atom is 0.240 e. The smallest absolute Gasteiger partial charge is 0.240 e. The van der Waals surface area contributed by atoms with Crippen molar-refractivity contribution in [2.75, 3.05) is 20.8 Å². The van der Waals surface area contributed by atoms with Gasteiger partial charge in [-0.05, 0) is 36.4 Å².